The maximum Gasteiger partial charge on any atom is 0.493 e. The first-order chi connectivity index (χ1) is 16.5. The molecule has 1 heterocycles. The Kier molecular flexibility index (Phi) is 6.79. The summed E-state index contributed by atoms with van der Waals surface area (Å²) in [4.78, 5) is 0. The first-order valence-electron chi connectivity index (χ1n) is 11.1. The molecule has 1 aliphatic rings. The lowest BCUT2D eigenvalue weighted by atomic mass is 9.53. The first kappa shape index (κ1) is 27.6. The van der Waals surface area contributed by atoms with Gasteiger partial charge in [-0.25, -0.2) is 0 Å². The predicted octanol–water partition coefficient (Wildman–Crippen LogP) is -8.46. The lowest BCUT2D eigenvalue weighted by Gasteiger charge is -2.32. The summed E-state index contributed by atoms with van der Waals surface area (Å²) < 4.78 is 12.3. The second-order valence-corrected chi connectivity index (χ2v) is 10.1. The molecule has 22 radical (unpaired) electrons. The molecule has 0 aliphatic carbocycles. The lowest BCUT2D eigenvalue weighted by Crippen LogP contribution is -2.62. The van der Waals surface area contributed by atoms with Crippen molar-refractivity contribution in [3.63, 3.8) is 0 Å². The molecule has 1 saturated heterocycles. The topological polar surface area (TPSA) is 18.5 Å². The molecule has 0 spiro atoms. The third kappa shape index (κ3) is 3.72. The van der Waals surface area contributed by atoms with Crippen molar-refractivity contribution in [1.29, 1.82) is 0 Å². The molecule has 36 heavy (non-hydrogen) atoms. The number of hydrogen-bond donors (Lipinski definition) is 0. The van der Waals surface area contributed by atoms with Crippen molar-refractivity contribution >= 4 is 170 Å². The van der Waals surface area contributed by atoms with E-state index in [9.17, 15) is 0 Å². The Morgan fingerprint density at radius 3 is 1.14 bits per heavy atom. The average molecular weight is 438 g/mol. The van der Waals surface area contributed by atoms with E-state index in [1.54, 1.807) is 0 Å². The van der Waals surface area contributed by atoms with Crippen molar-refractivity contribution in [2.45, 2.75) is 38.9 Å². The van der Waals surface area contributed by atoms with E-state index in [0.29, 0.717) is 5.46 Å². The van der Waals surface area contributed by atoms with Gasteiger partial charge in [-0.2, -0.15) is 0 Å². The van der Waals surface area contributed by atoms with Crippen LogP contribution >= 0.6 is 0 Å². The van der Waals surface area contributed by atoms with Crippen LogP contribution in [0.25, 0.3) is 21.9 Å². The molecule has 0 saturated carbocycles. The van der Waals surface area contributed by atoms with Gasteiger partial charge in [-0.05, 0) is 55.1 Å². The van der Waals surface area contributed by atoms with E-state index in [2.05, 4.69) is 0 Å². The minimum Gasteiger partial charge on any atom is -0.399 e. The number of fused-ring (bicyclic) bond motifs is 1. The predicted molar refractivity (Wildman–Crippen MR) is 164 cm³/mol. The van der Waals surface area contributed by atoms with Crippen molar-refractivity contribution < 1.29 is 9.31 Å². The maximum atomic E-state index is 6.57. The molecule has 0 aromatic heterocycles. The Hall–Kier alpha value is -1.38. The van der Waals surface area contributed by atoms with Crippen molar-refractivity contribution in [2.75, 3.05) is 0 Å². The van der Waals surface area contributed by atoms with Gasteiger partial charge in [0.1, 0.15) is 86.3 Å². The van der Waals surface area contributed by atoms with Crippen LogP contribution in [0.3, 0.4) is 0 Å². The molecule has 1 fully saturated rings. The third-order valence-electron chi connectivity index (χ3n) is 7.47. The van der Waals surface area contributed by atoms with Crippen molar-refractivity contribution in [3.05, 3.63) is 0 Å². The molecule has 148 valence electrons. The fraction of sp³-hybridized carbons (Fsp3) is 0.273. The van der Waals surface area contributed by atoms with Crippen molar-refractivity contribution in [2.24, 2.45) is 0 Å². The van der Waals surface area contributed by atoms with Crippen LogP contribution in [0.1, 0.15) is 27.7 Å². The van der Waals surface area contributed by atoms with Gasteiger partial charge in [0.05, 0.1) is 11.2 Å². The summed E-state index contributed by atoms with van der Waals surface area (Å²) in [6.45, 7) is 7.59. The van der Waals surface area contributed by atoms with E-state index < -0.39 is 18.3 Å². The second-order valence-electron chi connectivity index (χ2n) is 10.1. The van der Waals surface area contributed by atoms with E-state index in [-0.39, 0.29) is 82.0 Å². The zero-order valence-electron chi connectivity index (χ0n) is 20.7. The van der Waals surface area contributed by atoms with E-state index in [1.165, 1.54) is 0 Å². The van der Waals surface area contributed by atoms with Crippen LogP contribution in [0.15, 0.2) is 0 Å². The molecule has 0 N–H and O–H groups in total. The Morgan fingerprint density at radius 2 is 0.722 bits per heavy atom. The summed E-state index contributed by atoms with van der Waals surface area (Å²) in [5.41, 5.74) is 0.135. The van der Waals surface area contributed by atoms with E-state index in [4.69, 9.17) is 95.6 Å². The van der Waals surface area contributed by atoms with Gasteiger partial charge in [-0.15, -0.1) is 21.9 Å². The Labute approximate surface area is 228 Å². The summed E-state index contributed by atoms with van der Waals surface area (Å²) in [5.74, 6) is 0. The van der Waals surface area contributed by atoms with Gasteiger partial charge in [-0.1, -0.05) is 38.2 Å². The van der Waals surface area contributed by atoms with Crippen molar-refractivity contribution in [3.8, 4) is 11.1 Å². The van der Waals surface area contributed by atoms with Gasteiger partial charge >= 0.3 is 7.12 Å². The van der Waals surface area contributed by atoms with Gasteiger partial charge in [0, 0.05) is 0 Å². The largest absolute Gasteiger partial charge is 0.493 e. The zero-order valence-corrected chi connectivity index (χ0v) is 20.7. The molecule has 3 aromatic rings. The highest BCUT2D eigenvalue weighted by Crippen LogP contribution is 2.36. The minimum absolute atomic E-state index is 0.0378. The average Bonchev–Trinajstić information content (AvgIpc) is 3.00. The maximum absolute atomic E-state index is 6.57. The molecule has 3 aromatic carbocycles. The summed E-state index contributed by atoms with van der Waals surface area (Å²) in [6, 6.07) is 0. The zero-order chi connectivity index (χ0) is 27.2. The summed E-state index contributed by atoms with van der Waals surface area (Å²) >= 11 is 0. The summed E-state index contributed by atoms with van der Waals surface area (Å²) in [5, 5.41) is 0.525. The van der Waals surface area contributed by atoms with E-state index in [0.717, 1.165) is 0 Å². The van der Waals surface area contributed by atoms with Gasteiger partial charge < -0.3 is 9.31 Å². The van der Waals surface area contributed by atoms with Crippen LogP contribution < -0.4 is 65.6 Å². The summed E-state index contributed by atoms with van der Waals surface area (Å²) in [6.07, 6.45) is 0. The standard InChI is InChI=1S/C22H12B12O2/c1-21(2)22(3,4)36-34(35-21)20-18(32)14(28)8(15(29)19(20)33)5-9(23)6-7(11(25)10(5)24)13(27)17(31)16(30)12(6)26/h1-4H3. The summed E-state index contributed by atoms with van der Waals surface area (Å²) in [7, 11) is 69.0. The molecule has 4 rings (SSSR count). The highest BCUT2D eigenvalue weighted by Gasteiger charge is 2.52. The normalized spacial score (nSPS) is 16.6. The number of benzene rings is 3. The SMILES string of the molecule is [B]c1c([B])c(-c2c([B])c([B])c3c([B])c([B])c([B])c([B])c3c2[B])c([B])c([B])c1B1OC(C)(C)C(C)(C)O1. The smallest absolute Gasteiger partial charge is 0.399 e. The third-order valence-corrected chi connectivity index (χ3v) is 7.47. The lowest BCUT2D eigenvalue weighted by molar-refractivity contribution is 0.00578. The Bertz CT molecular complexity index is 1420. The van der Waals surface area contributed by atoms with Crippen LogP contribution in [0.2, 0.25) is 0 Å². The van der Waals surface area contributed by atoms with Crippen LogP contribution in [-0.2, 0) is 9.31 Å². The molecule has 1 aliphatic heterocycles. The first-order valence-corrected chi connectivity index (χ1v) is 11.1. The quantitative estimate of drug-likeness (QED) is 0.371. The Morgan fingerprint density at radius 1 is 0.417 bits per heavy atom. The molecular formula is C22H12B12O2. The number of hydrogen-bond acceptors (Lipinski definition) is 2. The fourth-order valence-corrected chi connectivity index (χ4v) is 4.53. The fourth-order valence-electron chi connectivity index (χ4n) is 4.53. The van der Waals surface area contributed by atoms with Crippen LogP contribution in [0.4, 0.5) is 0 Å². The van der Waals surface area contributed by atoms with E-state index >= 15 is 0 Å². The highest BCUT2D eigenvalue weighted by molar-refractivity contribution is 6.78. The second kappa shape index (κ2) is 8.84. The molecule has 0 bridgehead atoms. The molecule has 2 nitrogen and oxygen atoms in total. The minimum atomic E-state index is -0.914. The van der Waals surface area contributed by atoms with Crippen molar-refractivity contribution in [1.82, 2.24) is 0 Å². The molecule has 14 heteroatoms. The van der Waals surface area contributed by atoms with E-state index in [1.807, 2.05) is 27.7 Å². The van der Waals surface area contributed by atoms with Gasteiger partial charge in [0.25, 0.3) is 0 Å². The highest BCUT2D eigenvalue weighted by atomic mass is 16.7. The number of rotatable bonds is 2. The van der Waals surface area contributed by atoms with Gasteiger partial charge in [-0.3, -0.25) is 0 Å². The monoisotopic (exact) mass is 440 g/mol. The van der Waals surface area contributed by atoms with Gasteiger partial charge in [0.2, 0.25) is 0 Å². The van der Waals surface area contributed by atoms with Crippen LogP contribution in [0.5, 0.6) is 0 Å². The van der Waals surface area contributed by atoms with Crippen LogP contribution in [-0.4, -0.2) is 105 Å². The molecule has 0 atom stereocenters. The molecule has 0 amide bonds. The molecular weight excluding hydrogens is 426 g/mol. The molecule has 0 unspecified atom stereocenters. The van der Waals surface area contributed by atoms with Crippen LogP contribution in [0, 0.1) is 0 Å². The van der Waals surface area contributed by atoms with Gasteiger partial charge in [0.15, 0.2) is 0 Å². The Balaban J connectivity index is 2.07.